The molecule has 10 heteroatoms. The van der Waals surface area contributed by atoms with Gasteiger partial charge in [0.15, 0.2) is 11.4 Å². The fourth-order valence-corrected chi connectivity index (χ4v) is 4.20. The number of imidazole rings is 1. The molecule has 0 saturated heterocycles. The van der Waals surface area contributed by atoms with Gasteiger partial charge >= 0.3 is 6.09 Å². The molecule has 2 amide bonds. The third-order valence-corrected chi connectivity index (χ3v) is 6.22. The number of hydrogen-bond acceptors (Lipinski definition) is 5. The SMILES string of the molecule is CCCC(C)(CNC(=O)c1cnc2c(OCc3c(F)cccc3F)cccn12)NC(=O)OCc1ccccc1. The minimum Gasteiger partial charge on any atom is -0.485 e. The third kappa shape index (κ3) is 6.90. The van der Waals surface area contributed by atoms with Gasteiger partial charge in [0.1, 0.15) is 30.5 Å². The maximum Gasteiger partial charge on any atom is 0.407 e. The van der Waals surface area contributed by atoms with Gasteiger partial charge in [0, 0.05) is 12.7 Å². The van der Waals surface area contributed by atoms with Gasteiger partial charge in [-0.25, -0.2) is 18.6 Å². The second-order valence-corrected chi connectivity index (χ2v) is 9.38. The van der Waals surface area contributed by atoms with Gasteiger partial charge in [-0.15, -0.1) is 0 Å². The standard InChI is InChI=1S/C29H30F2N4O4/c1-3-14-29(2,34-28(37)39-17-20-9-5-4-6-10-20)19-33-27(36)24-16-32-26-25(13-8-15-35(24)26)38-18-21-22(30)11-7-12-23(21)31/h4-13,15-16H,3,14,17-19H2,1-2H3,(H,33,36)(H,34,37). The summed E-state index contributed by atoms with van der Waals surface area (Å²) in [6.45, 7) is 3.76. The van der Waals surface area contributed by atoms with Crippen LogP contribution >= 0.6 is 0 Å². The Bertz CT molecular complexity index is 1420. The van der Waals surface area contributed by atoms with Crippen LogP contribution in [0.4, 0.5) is 13.6 Å². The average molecular weight is 537 g/mol. The summed E-state index contributed by atoms with van der Waals surface area (Å²) in [5.41, 5.74) is 0.468. The number of carbonyl (C=O) groups is 2. The molecule has 4 rings (SSSR count). The molecule has 0 aliphatic rings. The van der Waals surface area contributed by atoms with E-state index in [1.54, 1.807) is 18.3 Å². The highest BCUT2D eigenvalue weighted by Gasteiger charge is 2.28. The molecule has 2 N–H and O–H groups in total. The molecule has 4 aromatic rings. The first-order valence-corrected chi connectivity index (χ1v) is 12.6. The van der Waals surface area contributed by atoms with Crippen molar-refractivity contribution in [2.75, 3.05) is 6.54 Å². The van der Waals surface area contributed by atoms with Crippen molar-refractivity contribution in [2.24, 2.45) is 0 Å². The number of carbonyl (C=O) groups excluding carboxylic acids is 2. The number of aromatic nitrogens is 2. The molecule has 2 heterocycles. The Morgan fingerprint density at radius 2 is 1.74 bits per heavy atom. The molecule has 8 nitrogen and oxygen atoms in total. The predicted molar refractivity (Wildman–Crippen MR) is 141 cm³/mol. The van der Waals surface area contributed by atoms with Crippen LogP contribution < -0.4 is 15.4 Å². The van der Waals surface area contributed by atoms with E-state index in [2.05, 4.69) is 15.6 Å². The van der Waals surface area contributed by atoms with Gasteiger partial charge in [0.2, 0.25) is 0 Å². The molecule has 204 valence electrons. The summed E-state index contributed by atoms with van der Waals surface area (Å²) in [5.74, 6) is -1.57. The first kappa shape index (κ1) is 27.6. The van der Waals surface area contributed by atoms with Gasteiger partial charge in [0.25, 0.3) is 5.91 Å². The molecule has 0 bridgehead atoms. The first-order chi connectivity index (χ1) is 18.8. The second-order valence-electron chi connectivity index (χ2n) is 9.38. The van der Waals surface area contributed by atoms with Crippen molar-refractivity contribution in [3.05, 3.63) is 102 Å². The molecule has 0 spiro atoms. The molecule has 0 aliphatic carbocycles. The maximum absolute atomic E-state index is 14.0. The molecular formula is C29H30F2N4O4. The highest BCUT2D eigenvalue weighted by atomic mass is 19.1. The van der Waals surface area contributed by atoms with Crippen molar-refractivity contribution < 1.29 is 27.8 Å². The van der Waals surface area contributed by atoms with Gasteiger partial charge in [-0.3, -0.25) is 9.20 Å². The van der Waals surface area contributed by atoms with E-state index >= 15 is 0 Å². The normalized spacial score (nSPS) is 12.5. The number of ether oxygens (including phenoxy) is 2. The molecule has 2 aromatic heterocycles. The Morgan fingerprint density at radius 3 is 2.46 bits per heavy atom. The van der Waals surface area contributed by atoms with Crippen LogP contribution in [-0.2, 0) is 18.0 Å². The summed E-state index contributed by atoms with van der Waals surface area (Å²) in [6.07, 6.45) is 3.82. The van der Waals surface area contributed by atoms with Crippen molar-refractivity contribution in [2.45, 2.75) is 45.4 Å². The van der Waals surface area contributed by atoms with E-state index in [0.717, 1.165) is 24.1 Å². The molecule has 0 radical (unpaired) electrons. The van der Waals surface area contributed by atoms with Crippen molar-refractivity contribution >= 4 is 17.6 Å². The Kier molecular flexibility index (Phi) is 8.75. The first-order valence-electron chi connectivity index (χ1n) is 12.6. The second kappa shape index (κ2) is 12.4. The van der Waals surface area contributed by atoms with Crippen LogP contribution in [0.5, 0.6) is 5.75 Å². The quantitative estimate of drug-likeness (QED) is 0.268. The molecule has 0 fully saturated rings. The van der Waals surface area contributed by atoms with Crippen LogP contribution in [0.15, 0.2) is 73.1 Å². The van der Waals surface area contributed by atoms with E-state index in [0.29, 0.717) is 12.1 Å². The number of alkyl carbamates (subject to hydrolysis) is 1. The van der Waals surface area contributed by atoms with E-state index in [-0.39, 0.29) is 36.8 Å². The molecular weight excluding hydrogens is 506 g/mol. The Morgan fingerprint density at radius 1 is 1.00 bits per heavy atom. The van der Waals surface area contributed by atoms with Gasteiger partial charge in [-0.1, -0.05) is 49.7 Å². The van der Waals surface area contributed by atoms with Crippen LogP contribution in [0.25, 0.3) is 5.65 Å². The van der Waals surface area contributed by atoms with Crippen molar-refractivity contribution in [3.8, 4) is 5.75 Å². The number of fused-ring (bicyclic) bond motifs is 1. The molecule has 2 aromatic carbocycles. The zero-order valence-electron chi connectivity index (χ0n) is 21.7. The number of amides is 2. The van der Waals surface area contributed by atoms with E-state index in [9.17, 15) is 18.4 Å². The van der Waals surface area contributed by atoms with Crippen LogP contribution in [0.1, 0.15) is 48.3 Å². The summed E-state index contributed by atoms with van der Waals surface area (Å²) in [6, 6.07) is 16.2. The lowest BCUT2D eigenvalue weighted by Gasteiger charge is -2.30. The van der Waals surface area contributed by atoms with Gasteiger partial charge in [-0.2, -0.15) is 0 Å². The molecule has 39 heavy (non-hydrogen) atoms. The Labute approximate surface area is 225 Å². The molecule has 0 saturated carbocycles. The zero-order chi connectivity index (χ0) is 27.8. The van der Waals surface area contributed by atoms with E-state index in [1.165, 1.54) is 16.7 Å². The lowest BCUT2D eigenvalue weighted by atomic mass is 9.96. The summed E-state index contributed by atoms with van der Waals surface area (Å²) >= 11 is 0. The fourth-order valence-electron chi connectivity index (χ4n) is 4.20. The van der Waals surface area contributed by atoms with Gasteiger partial charge in [0.05, 0.1) is 17.3 Å². The predicted octanol–water partition coefficient (Wildman–Crippen LogP) is 5.41. The maximum atomic E-state index is 14.0. The van der Waals surface area contributed by atoms with E-state index < -0.39 is 29.2 Å². The van der Waals surface area contributed by atoms with E-state index in [4.69, 9.17) is 9.47 Å². The fraction of sp³-hybridized carbons (Fsp3) is 0.276. The third-order valence-electron chi connectivity index (χ3n) is 6.22. The average Bonchev–Trinajstić information content (AvgIpc) is 3.36. The number of benzene rings is 2. The molecule has 0 aliphatic heterocycles. The summed E-state index contributed by atoms with van der Waals surface area (Å²) < 4.78 is 40.5. The highest BCUT2D eigenvalue weighted by Crippen LogP contribution is 2.22. The number of halogens is 2. The highest BCUT2D eigenvalue weighted by molar-refractivity contribution is 5.93. The monoisotopic (exact) mass is 536 g/mol. The van der Waals surface area contributed by atoms with Crippen LogP contribution in [0.3, 0.4) is 0 Å². The van der Waals surface area contributed by atoms with E-state index in [1.807, 2.05) is 44.2 Å². The lowest BCUT2D eigenvalue weighted by molar-refractivity contribution is 0.0922. The van der Waals surface area contributed by atoms with Gasteiger partial charge in [-0.05, 0) is 43.2 Å². The van der Waals surface area contributed by atoms with Crippen LogP contribution in [0.2, 0.25) is 0 Å². The lowest BCUT2D eigenvalue weighted by Crippen LogP contribution is -2.53. The summed E-state index contributed by atoms with van der Waals surface area (Å²) in [7, 11) is 0. The van der Waals surface area contributed by atoms with Crippen molar-refractivity contribution in [3.63, 3.8) is 0 Å². The number of nitrogens with zero attached hydrogens (tertiary/aromatic N) is 2. The Balaban J connectivity index is 1.40. The largest absolute Gasteiger partial charge is 0.485 e. The summed E-state index contributed by atoms with van der Waals surface area (Å²) in [5, 5.41) is 5.74. The Hall–Kier alpha value is -4.47. The smallest absolute Gasteiger partial charge is 0.407 e. The number of hydrogen-bond donors (Lipinski definition) is 2. The number of pyridine rings is 1. The number of rotatable bonds is 11. The topological polar surface area (TPSA) is 94.0 Å². The van der Waals surface area contributed by atoms with Gasteiger partial charge < -0.3 is 20.1 Å². The zero-order valence-corrected chi connectivity index (χ0v) is 21.7. The minimum absolute atomic E-state index is 0.136. The summed E-state index contributed by atoms with van der Waals surface area (Å²) in [4.78, 5) is 29.8. The molecule has 1 unspecified atom stereocenters. The minimum atomic E-state index is -0.753. The number of nitrogens with one attached hydrogen (secondary N) is 2. The van der Waals surface area contributed by atoms with Crippen molar-refractivity contribution in [1.29, 1.82) is 0 Å². The van der Waals surface area contributed by atoms with Crippen LogP contribution in [0, 0.1) is 11.6 Å². The van der Waals surface area contributed by atoms with Crippen LogP contribution in [-0.4, -0.2) is 33.5 Å². The van der Waals surface area contributed by atoms with Crippen molar-refractivity contribution in [1.82, 2.24) is 20.0 Å². The molecule has 1 atom stereocenters.